The second-order valence-corrected chi connectivity index (χ2v) is 2.83. The Morgan fingerprint density at radius 1 is 1.33 bits per heavy atom. The highest BCUT2D eigenvalue weighted by atomic mass is 14.9. The van der Waals surface area contributed by atoms with Crippen molar-refractivity contribution >= 4 is 5.82 Å². The van der Waals surface area contributed by atoms with Crippen molar-refractivity contribution in [1.29, 1.82) is 0 Å². The van der Waals surface area contributed by atoms with Crippen molar-refractivity contribution in [3.8, 4) is 11.8 Å². The summed E-state index contributed by atoms with van der Waals surface area (Å²) in [5.41, 5.74) is 6.15. The second kappa shape index (κ2) is 2.82. The first-order valence-electron chi connectivity index (χ1n) is 3.94. The zero-order valence-electron chi connectivity index (χ0n) is 6.62. The van der Waals surface area contributed by atoms with Crippen LogP contribution >= 0.6 is 0 Å². The van der Waals surface area contributed by atoms with Gasteiger partial charge in [0.05, 0.1) is 0 Å². The number of hydrogen-bond acceptors (Lipinski definition) is 3. The molecule has 0 amide bonds. The lowest BCUT2D eigenvalue weighted by molar-refractivity contribution is 1.16. The molecule has 1 heterocycles. The molecule has 0 saturated heterocycles. The van der Waals surface area contributed by atoms with Gasteiger partial charge in [-0.25, -0.2) is 9.97 Å². The minimum atomic E-state index is 0.422. The topological polar surface area (TPSA) is 51.8 Å². The monoisotopic (exact) mass is 159 g/mol. The van der Waals surface area contributed by atoms with E-state index in [1.54, 1.807) is 12.4 Å². The Bertz CT molecular complexity index is 344. The van der Waals surface area contributed by atoms with Crippen LogP contribution in [0.5, 0.6) is 0 Å². The van der Waals surface area contributed by atoms with E-state index in [0.717, 1.165) is 0 Å². The maximum Gasteiger partial charge on any atom is 0.158 e. The fourth-order valence-electron chi connectivity index (χ4n) is 0.843. The maximum atomic E-state index is 5.55. The summed E-state index contributed by atoms with van der Waals surface area (Å²) in [6, 6.07) is 0. The number of nitrogens with two attached hydrogens (primary N) is 1. The molecule has 0 atom stereocenters. The number of anilines is 1. The first kappa shape index (κ1) is 7.11. The van der Waals surface area contributed by atoms with Gasteiger partial charge in [-0.3, -0.25) is 0 Å². The van der Waals surface area contributed by atoms with Crippen LogP contribution in [0.4, 0.5) is 5.82 Å². The molecule has 1 aliphatic rings. The quantitative estimate of drug-likeness (QED) is 0.570. The molecule has 2 rings (SSSR count). The molecular weight excluding hydrogens is 150 g/mol. The maximum absolute atomic E-state index is 5.55. The molecule has 3 heteroatoms. The molecule has 2 N–H and O–H groups in total. The Labute approximate surface area is 71.0 Å². The van der Waals surface area contributed by atoms with Crippen molar-refractivity contribution < 1.29 is 0 Å². The number of nitrogens with zero attached hydrogens (tertiary/aromatic N) is 2. The zero-order chi connectivity index (χ0) is 8.39. The SMILES string of the molecule is Nc1nccnc1C#CC1CC1. The number of hydrogen-bond donors (Lipinski definition) is 1. The fourth-order valence-corrected chi connectivity index (χ4v) is 0.843. The summed E-state index contributed by atoms with van der Waals surface area (Å²) in [4.78, 5) is 7.91. The van der Waals surface area contributed by atoms with E-state index in [0.29, 0.717) is 17.4 Å². The van der Waals surface area contributed by atoms with Crippen LogP contribution in [0.3, 0.4) is 0 Å². The van der Waals surface area contributed by atoms with Crippen LogP contribution in [-0.2, 0) is 0 Å². The number of nitrogen functional groups attached to an aromatic ring is 1. The average Bonchev–Trinajstić information content (AvgIpc) is 2.86. The zero-order valence-corrected chi connectivity index (χ0v) is 6.62. The van der Waals surface area contributed by atoms with E-state index in [4.69, 9.17) is 5.73 Å². The van der Waals surface area contributed by atoms with Gasteiger partial charge in [-0.05, 0) is 18.8 Å². The highest BCUT2D eigenvalue weighted by molar-refractivity contribution is 5.45. The first-order chi connectivity index (χ1) is 5.86. The summed E-state index contributed by atoms with van der Waals surface area (Å²) in [6.07, 6.45) is 5.60. The molecule has 0 unspecified atom stereocenters. The van der Waals surface area contributed by atoms with Crippen molar-refractivity contribution in [3.05, 3.63) is 18.1 Å². The van der Waals surface area contributed by atoms with Crippen LogP contribution in [0.15, 0.2) is 12.4 Å². The van der Waals surface area contributed by atoms with E-state index in [-0.39, 0.29) is 0 Å². The Morgan fingerprint density at radius 3 is 2.75 bits per heavy atom. The predicted octanol–water partition coefficient (Wildman–Crippen LogP) is 0.820. The van der Waals surface area contributed by atoms with Gasteiger partial charge in [-0.1, -0.05) is 5.92 Å². The standard InChI is InChI=1S/C9H9N3/c10-9-8(11-5-6-12-9)4-3-7-1-2-7/h5-7H,1-2H2,(H2,10,12). The van der Waals surface area contributed by atoms with Gasteiger partial charge in [-0.2, -0.15) is 0 Å². The molecule has 1 aromatic heterocycles. The Kier molecular flexibility index (Phi) is 1.67. The first-order valence-corrected chi connectivity index (χ1v) is 3.94. The lowest BCUT2D eigenvalue weighted by Gasteiger charge is -1.92. The number of rotatable bonds is 0. The molecular formula is C9H9N3. The molecule has 1 aromatic rings. The van der Waals surface area contributed by atoms with Gasteiger partial charge in [0.2, 0.25) is 0 Å². The third-order valence-corrected chi connectivity index (χ3v) is 1.70. The smallest absolute Gasteiger partial charge is 0.158 e. The van der Waals surface area contributed by atoms with E-state index in [9.17, 15) is 0 Å². The van der Waals surface area contributed by atoms with Gasteiger partial charge >= 0.3 is 0 Å². The molecule has 0 aliphatic heterocycles. The largest absolute Gasteiger partial charge is 0.381 e. The van der Waals surface area contributed by atoms with E-state index >= 15 is 0 Å². The van der Waals surface area contributed by atoms with Crippen molar-refractivity contribution in [2.75, 3.05) is 5.73 Å². The summed E-state index contributed by atoms with van der Waals surface area (Å²) < 4.78 is 0. The summed E-state index contributed by atoms with van der Waals surface area (Å²) >= 11 is 0. The van der Waals surface area contributed by atoms with Crippen LogP contribution in [0.1, 0.15) is 18.5 Å². The third-order valence-electron chi connectivity index (χ3n) is 1.70. The van der Waals surface area contributed by atoms with E-state index in [2.05, 4.69) is 21.8 Å². The molecule has 1 saturated carbocycles. The molecule has 0 bridgehead atoms. The van der Waals surface area contributed by atoms with E-state index in [1.165, 1.54) is 12.8 Å². The number of aromatic nitrogens is 2. The summed E-state index contributed by atoms with van der Waals surface area (Å²) in [7, 11) is 0. The summed E-state index contributed by atoms with van der Waals surface area (Å²) in [6.45, 7) is 0. The molecule has 0 spiro atoms. The lowest BCUT2D eigenvalue weighted by atomic mass is 10.3. The van der Waals surface area contributed by atoms with Gasteiger partial charge in [-0.15, -0.1) is 0 Å². The van der Waals surface area contributed by atoms with Crippen LogP contribution < -0.4 is 5.73 Å². The van der Waals surface area contributed by atoms with Crippen LogP contribution in [-0.4, -0.2) is 9.97 Å². The van der Waals surface area contributed by atoms with E-state index < -0.39 is 0 Å². The van der Waals surface area contributed by atoms with Gasteiger partial charge in [0.1, 0.15) is 0 Å². The minimum Gasteiger partial charge on any atom is -0.381 e. The van der Waals surface area contributed by atoms with Crippen molar-refractivity contribution in [2.45, 2.75) is 12.8 Å². The molecule has 0 radical (unpaired) electrons. The van der Waals surface area contributed by atoms with Crippen molar-refractivity contribution in [2.24, 2.45) is 5.92 Å². The molecule has 12 heavy (non-hydrogen) atoms. The second-order valence-electron chi connectivity index (χ2n) is 2.83. The highest BCUT2D eigenvalue weighted by Crippen LogP contribution is 2.27. The normalized spacial score (nSPS) is 15.0. The van der Waals surface area contributed by atoms with Gasteiger partial charge in [0.25, 0.3) is 0 Å². The third kappa shape index (κ3) is 1.54. The lowest BCUT2D eigenvalue weighted by Crippen LogP contribution is -1.95. The highest BCUT2D eigenvalue weighted by Gasteiger charge is 2.17. The molecule has 1 fully saturated rings. The van der Waals surface area contributed by atoms with Crippen molar-refractivity contribution in [3.63, 3.8) is 0 Å². The minimum absolute atomic E-state index is 0.422. The summed E-state index contributed by atoms with van der Waals surface area (Å²) in [5, 5.41) is 0. The van der Waals surface area contributed by atoms with Crippen LogP contribution in [0.25, 0.3) is 0 Å². The van der Waals surface area contributed by atoms with Gasteiger partial charge < -0.3 is 5.73 Å². The van der Waals surface area contributed by atoms with Gasteiger partial charge in [0.15, 0.2) is 11.5 Å². The Morgan fingerprint density at radius 2 is 2.08 bits per heavy atom. The van der Waals surface area contributed by atoms with Crippen LogP contribution in [0.2, 0.25) is 0 Å². The fraction of sp³-hybridized carbons (Fsp3) is 0.333. The predicted molar refractivity (Wildman–Crippen MR) is 46.0 cm³/mol. The molecule has 0 aromatic carbocycles. The molecule has 3 nitrogen and oxygen atoms in total. The van der Waals surface area contributed by atoms with Crippen LogP contribution in [0, 0.1) is 17.8 Å². The Balaban J connectivity index is 2.23. The average molecular weight is 159 g/mol. The van der Waals surface area contributed by atoms with E-state index in [1.807, 2.05) is 0 Å². The Hall–Kier alpha value is -1.56. The van der Waals surface area contributed by atoms with Gasteiger partial charge in [0, 0.05) is 18.3 Å². The van der Waals surface area contributed by atoms with Crippen molar-refractivity contribution in [1.82, 2.24) is 9.97 Å². The molecule has 1 aliphatic carbocycles. The molecule has 60 valence electrons. The summed E-state index contributed by atoms with van der Waals surface area (Å²) in [5.74, 6) is 7.00.